The lowest BCUT2D eigenvalue weighted by molar-refractivity contribution is -0.118. The summed E-state index contributed by atoms with van der Waals surface area (Å²) in [5.74, 6) is -0.0243. The van der Waals surface area contributed by atoms with Crippen molar-refractivity contribution in [3.63, 3.8) is 0 Å². The number of amides is 1. The van der Waals surface area contributed by atoms with E-state index in [2.05, 4.69) is 29.6 Å². The Morgan fingerprint density at radius 2 is 2.00 bits per heavy atom. The molecule has 0 aromatic heterocycles. The van der Waals surface area contributed by atoms with Crippen LogP contribution in [-0.2, 0) is 10.2 Å². The minimum atomic E-state index is -0.0782. The van der Waals surface area contributed by atoms with Gasteiger partial charge in [-0.2, -0.15) is 0 Å². The molecule has 0 spiro atoms. The number of carbonyl (C=O) groups is 1. The van der Waals surface area contributed by atoms with Crippen LogP contribution < -0.4 is 5.32 Å². The first kappa shape index (κ1) is 11.5. The van der Waals surface area contributed by atoms with Crippen LogP contribution in [0.25, 0.3) is 0 Å². The zero-order valence-electron chi connectivity index (χ0n) is 9.21. The zero-order valence-corrected chi connectivity index (χ0v) is 9.96. The highest BCUT2D eigenvalue weighted by Crippen LogP contribution is 2.50. The average molecular weight is 238 g/mol. The van der Waals surface area contributed by atoms with Gasteiger partial charge in [0.2, 0.25) is 5.91 Å². The average Bonchev–Trinajstić information content (AvgIpc) is 3.11. The van der Waals surface area contributed by atoms with E-state index in [1.54, 1.807) is 0 Å². The summed E-state index contributed by atoms with van der Waals surface area (Å²) in [6.07, 6.45) is 3.47. The van der Waals surface area contributed by atoms with Crippen molar-refractivity contribution in [2.75, 3.05) is 12.4 Å². The number of nitrogens with one attached hydrogen (secondary N) is 1. The Morgan fingerprint density at radius 3 is 2.56 bits per heavy atom. The molecule has 2 rings (SSSR count). The summed E-state index contributed by atoms with van der Waals surface area (Å²) in [5, 5.41) is 2.83. The van der Waals surface area contributed by atoms with Crippen molar-refractivity contribution in [3.8, 4) is 0 Å². The summed E-state index contributed by atoms with van der Waals surface area (Å²) in [4.78, 5) is 11.0. The van der Waals surface area contributed by atoms with Crippen molar-refractivity contribution in [3.05, 3.63) is 35.9 Å². The van der Waals surface area contributed by atoms with Gasteiger partial charge in [-0.05, 0) is 30.2 Å². The molecule has 16 heavy (non-hydrogen) atoms. The first-order chi connectivity index (χ1) is 7.77. The molecule has 0 heterocycles. The van der Waals surface area contributed by atoms with Crippen molar-refractivity contribution < 1.29 is 4.79 Å². The SMILES string of the molecule is O=C(CCl)NCCC1(c2ccccc2)CC1. The van der Waals surface area contributed by atoms with E-state index in [-0.39, 0.29) is 11.8 Å². The molecule has 1 N–H and O–H groups in total. The highest BCUT2D eigenvalue weighted by molar-refractivity contribution is 6.27. The summed E-state index contributed by atoms with van der Waals surface area (Å²) in [6, 6.07) is 10.5. The predicted octanol–water partition coefficient (Wildman–Crippen LogP) is 2.46. The Kier molecular flexibility index (Phi) is 3.49. The Bertz CT molecular complexity index is 359. The van der Waals surface area contributed by atoms with Crippen LogP contribution in [-0.4, -0.2) is 18.3 Å². The second-order valence-electron chi connectivity index (χ2n) is 4.38. The molecule has 0 radical (unpaired) electrons. The zero-order chi connectivity index (χ0) is 11.4. The lowest BCUT2D eigenvalue weighted by Crippen LogP contribution is -2.27. The minimum Gasteiger partial charge on any atom is -0.355 e. The summed E-state index contributed by atoms with van der Waals surface area (Å²) in [5.41, 5.74) is 1.72. The van der Waals surface area contributed by atoms with Gasteiger partial charge in [0, 0.05) is 6.54 Å². The van der Waals surface area contributed by atoms with Gasteiger partial charge >= 0.3 is 0 Å². The van der Waals surface area contributed by atoms with Crippen LogP contribution in [0.4, 0.5) is 0 Å². The van der Waals surface area contributed by atoms with Crippen LogP contribution in [0.5, 0.6) is 0 Å². The number of benzene rings is 1. The maximum Gasteiger partial charge on any atom is 0.234 e. The molecule has 86 valence electrons. The fourth-order valence-electron chi connectivity index (χ4n) is 2.11. The molecule has 0 atom stereocenters. The second kappa shape index (κ2) is 4.88. The molecule has 1 aliphatic carbocycles. The number of halogens is 1. The molecular formula is C13H16ClNO. The molecule has 1 aromatic rings. The summed E-state index contributed by atoms with van der Waals surface area (Å²) in [6.45, 7) is 0.723. The van der Waals surface area contributed by atoms with Gasteiger partial charge in [0.05, 0.1) is 0 Å². The van der Waals surface area contributed by atoms with Crippen molar-refractivity contribution in [2.45, 2.75) is 24.7 Å². The van der Waals surface area contributed by atoms with E-state index in [1.807, 2.05) is 6.07 Å². The standard InChI is InChI=1S/C13H16ClNO/c14-10-12(16)15-9-8-13(6-7-13)11-4-2-1-3-5-11/h1-5H,6-10H2,(H,15,16). The van der Waals surface area contributed by atoms with Gasteiger partial charge in [-0.25, -0.2) is 0 Å². The highest BCUT2D eigenvalue weighted by atomic mass is 35.5. The molecule has 0 saturated heterocycles. The van der Waals surface area contributed by atoms with E-state index in [4.69, 9.17) is 11.6 Å². The maximum absolute atomic E-state index is 11.0. The predicted molar refractivity (Wildman–Crippen MR) is 65.7 cm³/mol. The first-order valence-electron chi connectivity index (χ1n) is 5.65. The Morgan fingerprint density at radius 1 is 1.31 bits per heavy atom. The molecule has 0 unspecified atom stereocenters. The molecule has 2 nitrogen and oxygen atoms in total. The number of hydrogen-bond acceptors (Lipinski definition) is 1. The van der Waals surface area contributed by atoms with Crippen LogP contribution in [0.15, 0.2) is 30.3 Å². The van der Waals surface area contributed by atoms with E-state index in [9.17, 15) is 4.79 Å². The van der Waals surface area contributed by atoms with E-state index in [0.717, 1.165) is 13.0 Å². The summed E-state index contributed by atoms with van der Waals surface area (Å²) < 4.78 is 0. The Labute approximate surface area is 101 Å². The normalized spacial score (nSPS) is 16.8. The van der Waals surface area contributed by atoms with E-state index < -0.39 is 0 Å². The third-order valence-corrected chi connectivity index (χ3v) is 3.53. The molecule has 1 aromatic carbocycles. The van der Waals surface area contributed by atoms with Gasteiger partial charge < -0.3 is 5.32 Å². The number of carbonyl (C=O) groups excluding carboxylic acids is 1. The lowest BCUT2D eigenvalue weighted by Gasteiger charge is -2.15. The molecule has 1 aliphatic rings. The van der Waals surface area contributed by atoms with E-state index >= 15 is 0 Å². The van der Waals surface area contributed by atoms with Gasteiger partial charge in [-0.15, -0.1) is 11.6 Å². The number of hydrogen-bond donors (Lipinski definition) is 1. The van der Waals surface area contributed by atoms with Crippen LogP contribution in [0.3, 0.4) is 0 Å². The van der Waals surface area contributed by atoms with Gasteiger partial charge in [0.1, 0.15) is 5.88 Å². The smallest absolute Gasteiger partial charge is 0.234 e. The third kappa shape index (κ3) is 2.56. The summed E-state index contributed by atoms with van der Waals surface area (Å²) >= 11 is 5.42. The topological polar surface area (TPSA) is 29.1 Å². The van der Waals surface area contributed by atoms with Gasteiger partial charge in [-0.1, -0.05) is 30.3 Å². The quantitative estimate of drug-likeness (QED) is 0.784. The number of alkyl halides is 1. The summed E-state index contributed by atoms with van der Waals surface area (Å²) in [7, 11) is 0. The molecule has 0 aliphatic heterocycles. The van der Waals surface area contributed by atoms with Crippen LogP contribution >= 0.6 is 11.6 Å². The molecule has 0 bridgehead atoms. The van der Waals surface area contributed by atoms with Crippen molar-refractivity contribution in [1.82, 2.24) is 5.32 Å². The first-order valence-corrected chi connectivity index (χ1v) is 6.18. The van der Waals surface area contributed by atoms with Crippen LogP contribution in [0, 0.1) is 0 Å². The van der Waals surface area contributed by atoms with Gasteiger partial charge in [-0.3, -0.25) is 4.79 Å². The largest absolute Gasteiger partial charge is 0.355 e. The molecule has 1 amide bonds. The monoisotopic (exact) mass is 237 g/mol. The minimum absolute atomic E-state index is 0.0539. The second-order valence-corrected chi connectivity index (χ2v) is 4.65. The molecule has 1 fully saturated rings. The number of rotatable bonds is 5. The van der Waals surface area contributed by atoms with Crippen molar-refractivity contribution in [1.29, 1.82) is 0 Å². The van der Waals surface area contributed by atoms with Gasteiger partial charge in [0.25, 0.3) is 0 Å². The Balaban J connectivity index is 1.88. The Hall–Kier alpha value is -1.02. The fourth-order valence-corrected chi connectivity index (χ4v) is 2.21. The van der Waals surface area contributed by atoms with Crippen molar-refractivity contribution in [2.24, 2.45) is 0 Å². The molecular weight excluding hydrogens is 222 g/mol. The molecule has 3 heteroatoms. The van der Waals surface area contributed by atoms with Crippen molar-refractivity contribution >= 4 is 17.5 Å². The van der Waals surface area contributed by atoms with Gasteiger partial charge in [0.15, 0.2) is 0 Å². The lowest BCUT2D eigenvalue weighted by atomic mass is 9.92. The third-order valence-electron chi connectivity index (χ3n) is 3.29. The van der Waals surface area contributed by atoms with E-state index in [0.29, 0.717) is 5.41 Å². The van der Waals surface area contributed by atoms with E-state index in [1.165, 1.54) is 18.4 Å². The molecule has 1 saturated carbocycles. The van der Waals surface area contributed by atoms with Crippen LogP contribution in [0.1, 0.15) is 24.8 Å². The highest BCUT2D eigenvalue weighted by Gasteiger charge is 2.43. The maximum atomic E-state index is 11.0. The fraction of sp³-hybridized carbons (Fsp3) is 0.462. The van der Waals surface area contributed by atoms with Crippen LogP contribution in [0.2, 0.25) is 0 Å².